The first kappa shape index (κ1) is 29.8. The van der Waals surface area contributed by atoms with Gasteiger partial charge in [0.15, 0.2) is 4.80 Å². The van der Waals surface area contributed by atoms with Crippen molar-refractivity contribution < 1.29 is 17.9 Å². The van der Waals surface area contributed by atoms with Crippen molar-refractivity contribution in [1.82, 2.24) is 8.87 Å². The van der Waals surface area contributed by atoms with Crippen molar-refractivity contribution in [3.8, 4) is 17.0 Å². The Labute approximate surface area is 258 Å². The first-order valence-electron chi connectivity index (χ1n) is 15.2. The third kappa shape index (κ3) is 7.12. The minimum atomic E-state index is -3.55. The third-order valence-corrected chi connectivity index (χ3v) is 11.1. The molecule has 9 heteroatoms. The van der Waals surface area contributed by atoms with Gasteiger partial charge in [-0.05, 0) is 92.5 Å². The quantitative estimate of drug-likeness (QED) is 0.199. The molecule has 7 nitrogen and oxygen atoms in total. The Kier molecular flexibility index (Phi) is 9.43. The minimum Gasteiger partial charge on any atom is -0.494 e. The summed E-state index contributed by atoms with van der Waals surface area (Å²) in [5.41, 5.74) is 4.14. The van der Waals surface area contributed by atoms with Crippen molar-refractivity contribution in [2.45, 2.75) is 56.6 Å². The van der Waals surface area contributed by atoms with Gasteiger partial charge in [0.05, 0.1) is 35.5 Å². The van der Waals surface area contributed by atoms with Crippen molar-refractivity contribution in [3.63, 3.8) is 0 Å². The first-order chi connectivity index (χ1) is 21.0. The fraction of sp³-hybridized carbons (Fsp3) is 0.382. The lowest BCUT2D eigenvalue weighted by atomic mass is 9.91. The number of aromatic nitrogens is 1. The van der Waals surface area contributed by atoms with E-state index in [0.29, 0.717) is 37.1 Å². The smallest absolute Gasteiger partial charge is 0.243 e. The van der Waals surface area contributed by atoms with Crippen LogP contribution < -0.4 is 9.54 Å². The molecule has 3 heterocycles. The molecule has 2 fully saturated rings. The van der Waals surface area contributed by atoms with Crippen LogP contribution >= 0.6 is 11.3 Å². The largest absolute Gasteiger partial charge is 0.494 e. The van der Waals surface area contributed by atoms with Crippen LogP contribution in [0.5, 0.6) is 5.75 Å². The predicted octanol–water partition coefficient (Wildman–Crippen LogP) is 6.67. The molecule has 1 atom stereocenters. The summed E-state index contributed by atoms with van der Waals surface area (Å²) in [4.78, 5) is 6.17. The molecule has 1 aromatic heterocycles. The zero-order chi connectivity index (χ0) is 29.6. The van der Waals surface area contributed by atoms with Crippen LogP contribution in [-0.4, -0.2) is 49.7 Å². The average Bonchev–Trinajstić information content (AvgIpc) is 3.70. The van der Waals surface area contributed by atoms with Gasteiger partial charge in [0, 0.05) is 25.1 Å². The van der Waals surface area contributed by atoms with Gasteiger partial charge in [-0.1, -0.05) is 42.5 Å². The van der Waals surface area contributed by atoms with Crippen LogP contribution in [0.25, 0.3) is 11.3 Å². The van der Waals surface area contributed by atoms with Gasteiger partial charge in [0.2, 0.25) is 10.0 Å². The molecule has 43 heavy (non-hydrogen) atoms. The number of nitrogens with zero attached hydrogens (tertiary/aromatic N) is 3. The average molecular weight is 618 g/mol. The second kappa shape index (κ2) is 13.6. The van der Waals surface area contributed by atoms with Crippen LogP contribution in [0, 0.1) is 5.92 Å². The molecule has 0 amide bonds. The lowest BCUT2D eigenvalue weighted by Crippen LogP contribution is -2.38. The molecule has 2 aliphatic heterocycles. The standard InChI is InChI=1S/C34H39N3O4S2/c1-2-40-30-14-12-29(13-15-30)35-34-37(24-31-9-6-22-41-31)33(25-42-34)28-10-16-32(17-11-28)43(38,39)36-20-18-27(19-21-36)23-26-7-4-3-5-8-26/h3-5,7-8,10-17,25,27,31H,2,6,9,18-24H2,1H3. The van der Waals surface area contributed by atoms with E-state index in [-0.39, 0.29) is 6.10 Å². The van der Waals surface area contributed by atoms with Gasteiger partial charge in [-0.25, -0.2) is 13.4 Å². The Morgan fingerprint density at radius 2 is 1.70 bits per heavy atom. The van der Waals surface area contributed by atoms with Crippen LogP contribution in [0.4, 0.5) is 5.69 Å². The number of ether oxygens (including phenoxy) is 2. The number of rotatable bonds is 10. The summed E-state index contributed by atoms with van der Waals surface area (Å²) in [6, 6.07) is 25.6. The zero-order valence-corrected chi connectivity index (χ0v) is 26.2. The summed E-state index contributed by atoms with van der Waals surface area (Å²) in [7, 11) is -3.55. The highest BCUT2D eigenvalue weighted by Crippen LogP contribution is 2.29. The van der Waals surface area contributed by atoms with Gasteiger partial charge < -0.3 is 14.0 Å². The lowest BCUT2D eigenvalue weighted by Gasteiger charge is -2.31. The molecule has 0 aliphatic carbocycles. The molecular weight excluding hydrogens is 579 g/mol. The number of sulfonamides is 1. The molecular formula is C34H39N3O4S2. The Morgan fingerprint density at radius 3 is 2.37 bits per heavy atom. The SMILES string of the molecule is CCOc1ccc(N=c2scc(-c3ccc(S(=O)(=O)N4CCC(Cc5ccccc5)CC4)cc3)n2CC2CCCO2)cc1. The van der Waals surface area contributed by atoms with E-state index in [1.165, 1.54) is 5.56 Å². The summed E-state index contributed by atoms with van der Waals surface area (Å²) < 4.78 is 42.5. The number of thiazole rings is 1. The van der Waals surface area contributed by atoms with Crippen molar-refractivity contribution in [3.05, 3.63) is 94.6 Å². The van der Waals surface area contributed by atoms with Crippen molar-refractivity contribution in [2.75, 3.05) is 26.3 Å². The Morgan fingerprint density at radius 1 is 0.953 bits per heavy atom. The van der Waals surface area contributed by atoms with Gasteiger partial charge in [0.25, 0.3) is 0 Å². The maximum Gasteiger partial charge on any atom is 0.243 e. The van der Waals surface area contributed by atoms with Crippen LogP contribution in [0.3, 0.4) is 0 Å². The second-order valence-electron chi connectivity index (χ2n) is 11.2. The molecule has 3 aromatic carbocycles. The Balaban J connectivity index is 1.20. The zero-order valence-electron chi connectivity index (χ0n) is 24.6. The van der Waals surface area contributed by atoms with Crippen molar-refractivity contribution >= 4 is 27.0 Å². The van der Waals surface area contributed by atoms with E-state index < -0.39 is 10.0 Å². The molecule has 1 unspecified atom stereocenters. The molecule has 2 aliphatic rings. The number of benzene rings is 3. The molecule has 226 valence electrons. The van der Waals surface area contributed by atoms with Crippen LogP contribution in [0.1, 0.15) is 38.2 Å². The fourth-order valence-electron chi connectivity index (χ4n) is 5.96. The Bertz CT molecular complexity index is 1650. The fourth-order valence-corrected chi connectivity index (χ4v) is 8.37. The molecule has 0 spiro atoms. The number of hydrogen-bond acceptors (Lipinski definition) is 6. The summed E-state index contributed by atoms with van der Waals surface area (Å²) in [6.07, 6.45) is 4.98. The van der Waals surface area contributed by atoms with Gasteiger partial charge in [0.1, 0.15) is 5.75 Å². The third-order valence-electron chi connectivity index (χ3n) is 8.31. The molecule has 0 bridgehead atoms. The van der Waals surface area contributed by atoms with Crippen LogP contribution in [0.2, 0.25) is 0 Å². The van der Waals surface area contributed by atoms with E-state index in [2.05, 4.69) is 34.2 Å². The summed E-state index contributed by atoms with van der Waals surface area (Å²) in [6.45, 7) is 5.20. The van der Waals surface area contributed by atoms with Crippen molar-refractivity contribution in [2.24, 2.45) is 10.9 Å². The maximum absolute atomic E-state index is 13.6. The van der Waals surface area contributed by atoms with E-state index in [9.17, 15) is 8.42 Å². The summed E-state index contributed by atoms with van der Waals surface area (Å²) >= 11 is 1.58. The maximum atomic E-state index is 13.6. The molecule has 0 N–H and O–H groups in total. The Hall–Kier alpha value is -3.24. The highest BCUT2D eigenvalue weighted by atomic mass is 32.2. The topological polar surface area (TPSA) is 73.1 Å². The molecule has 6 rings (SSSR count). The van der Waals surface area contributed by atoms with Crippen LogP contribution in [0.15, 0.2) is 94.1 Å². The minimum absolute atomic E-state index is 0.136. The van der Waals surface area contributed by atoms with E-state index in [4.69, 9.17) is 14.5 Å². The molecule has 2 saturated heterocycles. The van der Waals surface area contributed by atoms with E-state index in [1.807, 2.05) is 49.4 Å². The summed E-state index contributed by atoms with van der Waals surface area (Å²) in [5.74, 6) is 1.34. The predicted molar refractivity (Wildman–Crippen MR) is 171 cm³/mol. The second-order valence-corrected chi connectivity index (χ2v) is 14.0. The lowest BCUT2D eigenvalue weighted by molar-refractivity contribution is 0.0968. The number of hydrogen-bond donors (Lipinski definition) is 0. The van der Waals surface area contributed by atoms with Gasteiger partial charge in [-0.15, -0.1) is 11.3 Å². The first-order valence-corrected chi connectivity index (χ1v) is 17.5. The number of piperidine rings is 1. The van der Waals surface area contributed by atoms with Gasteiger partial charge in [-0.2, -0.15) is 4.31 Å². The molecule has 0 saturated carbocycles. The molecule has 0 radical (unpaired) electrons. The highest BCUT2D eigenvalue weighted by Gasteiger charge is 2.29. The normalized spacial score (nSPS) is 18.7. The highest BCUT2D eigenvalue weighted by molar-refractivity contribution is 7.89. The van der Waals surface area contributed by atoms with E-state index >= 15 is 0 Å². The van der Waals surface area contributed by atoms with Gasteiger partial charge in [-0.3, -0.25) is 0 Å². The summed E-state index contributed by atoms with van der Waals surface area (Å²) in [5, 5.41) is 2.10. The van der Waals surface area contributed by atoms with E-state index in [1.54, 1.807) is 27.8 Å². The monoisotopic (exact) mass is 617 g/mol. The van der Waals surface area contributed by atoms with Gasteiger partial charge >= 0.3 is 0 Å². The van der Waals surface area contributed by atoms with E-state index in [0.717, 1.165) is 66.2 Å². The van der Waals surface area contributed by atoms with Crippen LogP contribution in [-0.2, 0) is 27.7 Å². The van der Waals surface area contributed by atoms with Crippen molar-refractivity contribution in [1.29, 1.82) is 0 Å². The molecule has 4 aromatic rings.